The van der Waals surface area contributed by atoms with Crippen molar-refractivity contribution in [1.29, 1.82) is 0 Å². The molecule has 3 aromatic rings. The van der Waals surface area contributed by atoms with Crippen LogP contribution in [0.15, 0.2) is 47.0 Å². The number of anilines is 1. The third kappa shape index (κ3) is 4.23. The molecule has 0 aliphatic heterocycles. The highest BCUT2D eigenvalue weighted by molar-refractivity contribution is 6.30. The van der Waals surface area contributed by atoms with E-state index >= 15 is 0 Å². The fourth-order valence-electron chi connectivity index (χ4n) is 2.26. The predicted molar refractivity (Wildman–Crippen MR) is 90.2 cm³/mol. The second kappa shape index (κ2) is 7.61. The van der Waals surface area contributed by atoms with Gasteiger partial charge in [0.1, 0.15) is 17.5 Å². The zero-order chi connectivity index (χ0) is 18.7. The van der Waals surface area contributed by atoms with E-state index in [9.17, 15) is 18.0 Å². The molecule has 0 spiro atoms. The van der Waals surface area contributed by atoms with Crippen LogP contribution >= 0.6 is 11.6 Å². The lowest BCUT2D eigenvalue weighted by Gasteiger charge is -2.05. The maximum Gasteiger partial charge on any atom is 0.224 e. The minimum atomic E-state index is -0.774. The molecule has 26 heavy (non-hydrogen) atoms. The first-order valence-corrected chi connectivity index (χ1v) is 7.95. The fraction of sp³-hybridized carbons (Fsp3) is 0.111. The summed E-state index contributed by atoms with van der Waals surface area (Å²) in [6, 6.07) is 6.99. The molecule has 0 atom stereocenters. The Morgan fingerprint density at radius 2 is 1.92 bits per heavy atom. The van der Waals surface area contributed by atoms with Crippen LogP contribution in [-0.2, 0) is 11.2 Å². The van der Waals surface area contributed by atoms with Gasteiger partial charge < -0.3 is 9.73 Å². The van der Waals surface area contributed by atoms with E-state index in [1.165, 1.54) is 24.4 Å². The Morgan fingerprint density at radius 1 is 1.12 bits per heavy atom. The topological polar surface area (TPSA) is 55.1 Å². The molecule has 3 rings (SSSR count). The van der Waals surface area contributed by atoms with Crippen molar-refractivity contribution in [1.82, 2.24) is 4.98 Å². The summed E-state index contributed by atoms with van der Waals surface area (Å²) in [5.74, 6) is -2.23. The quantitative estimate of drug-likeness (QED) is 0.679. The lowest BCUT2D eigenvalue weighted by atomic mass is 10.2. The number of oxazole rings is 1. The van der Waals surface area contributed by atoms with Gasteiger partial charge in [-0.25, -0.2) is 18.2 Å². The van der Waals surface area contributed by atoms with E-state index in [4.69, 9.17) is 16.0 Å². The maximum absolute atomic E-state index is 13.7. The molecule has 0 aliphatic carbocycles. The molecule has 0 fully saturated rings. The van der Waals surface area contributed by atoms with Gasteiger partial charge >= 0.3 is 0 Å². The van der Waals surface area contributed by atoms with Gasteiger partial charge in [0, 0.05) is 23.9 Å². The molecule has 0 saturated carbocycles. The van der Waals surface area contributed by atoms with Crippen molar-refractivity contribution in [3.8, 4) is 11.3 Å². The molecule has 0 bridgehead atoms. The number of hydrogen-bond acceptors (Lipinski definition) is 3. The number of aryl methyl sites for hydroxylation is 1. The number of nitrogens with one attached hydrogen (secondary N) is 1. The number of halogens is 4. The Kier molecular flexibility index (Phi) is 5.27. The number of hydrogen-bond donors (Lipinski definition) is 1. The molecule has 1 amide bonds. The Bertz CT molecular complexity index is 959. The smallest absolute Gasteiger partial charge is 0.224 e. The van der Waals surface area contributed by atoms with Crippen molar-refractivity contribution in [2.24, 2.45) is 0 Å². The average Bonchev–Trinajstić information content (AvgIpc) is 3.04. The van der Waals surface area contributed by atoms with E-state index in [0.29, 0.717) is 0 Å². The summed E-state index contributed by atoms with van der Waals surface area (Å²) in [5, 5.41) is 2.64. The van der Waals surface area contributed by atoms with E-state index in [1.807, 2.05) is 0 Å². The van der Waals surface area contributed by atoms with Crippen LogP contribution < -0.4 is 5.32 Å². The van der Waals surface area contributed by atoms with Gasteiger partial charge in [0.2, 0.25) is 5.91 Å². The number of nitrogens with zero attached hydrogens (tertiary/aromatic N) is 1. The third-order valence-corrected chi connectivity index (χ3v) is 3.76. The molecule has 0 radical (unpaired) electrons. The summed E-state index contributed by atoms with van der Waals surface area (Å²) in [7, 11) is 0. The first-order chi connectivity index (χ1) is 12.4. The van der Waals surface area contributed by atoms with Gasteiger partial charge in [-0.15, -0.1) is 0 Å². The molecule has 134 valence electrons. The van der Waals surface area contributed by atoms with Crippen molar-refractivity contribution in [2.75, 3.05) is 5.32 Å². The molecule has 4 nitrogen and oxygen atoms in total. The van der Waals surface area contributed by atoms with Gasteiger partial charge in [-0.05, 0) is 30.3 Å². The number of aromatic nitrogens is 1. The zero-order valence-electron chi connectivity index (χ0n) is 13.2. The van der Waals surface area contributed by atoms with Crippen molar-refractivity contribution >= 4 is 23.2 Å². The molecule has 1 heterocycles. The van der Waals surface area contributed by atoms with Crippen molar-refractivity contribution in [3.63, 3.8) is 0 Å². The Morgan fingerprint density at radius 3 is 2.65 bits per heavy atom. The minimum Gasteiger partial charge on any atom is -0.441 e. The highest BCUT2D eigenvalue weighted by Crippen LogP contribution is 2.25. The number of amides is 1. The van der Waals surface area contributed by atoms with Crippen LogP contribution in [0, 0.1) is 17.5 Å². The summed E-state index contributed by atoms with van der Waals surface area (Å²) in [4.78, 5) is 15.9. The molecule has 0 saturated heterocycles. The summed E-state index contributed by atoms with van der Waals surface area (Å²) in [6.45, 7) is 0. The third-order valence-electron chi connectivity index (χ3n) is 3.52. The highest BCUT2D eigenvalue weighted by Gasteiger charge is 2.13. The predicted octanol–water partition coefficient (Wildman–Crippen LogP) is 4.98. The standard InChI is InChI=1S/C18H12ClF3N2O2/c19-10-1-4-15(14(22)7-10)24-17(25)5-6-18-23-9-16(26-18)12-3-2-11(20)8-13(12)21/h1-4,7-9H,5-6H2,(H,24,25). The second-order valence-corrected chi connectivity index (χ2v) is 5.85. The lowest BCUT2D eigenvalue weighted by molar-refractivity contribution is -0.116. The monoisotopic (exact) mass is 380 g/mol. The SMILES string of the molecule is O=C(CCc1ncc(-c2ccc(F)cc2F)o1)Nc1ccc(Cl)cc1F. The molecule has 8 heteroatoms. The summed E-state index contributed by atoms with van der Waals surface area (Å²) in [5.41, 5.74) is 0.0821. The van der Waals surface area contributed by atoms with Crippen LogP contribution in [0.2, 0.25) is 5.02 Å². The van der Waals surface area contributed by atoms with E-state index in [1.54, 1.807) is 0 Å². The van der Waals surface area contributed by atoms with Gasteiger partial charge in [-0.1, -0.05) is 11.6 Å². The first-order valence-electron chi connectivity index (χ1n) is 7.57. The molecule has 1 N–H and O–H groups in total. The van der Waals surface area contributed by atoms with E-state index in [2.05, 4.69) is 10.3 Å². The van der Waals surface area contributed by atoms with Crippen molar-refractivity contribution in [2.45, 2.75) is 12.8 Å². The number of rotatable bonds is 5. The molecular formula is C18H12ClF3N2O2. The van der Waals surface area contributed by atoms with E-state index in [-0.39, 0.29) is 40.8 Å². The summed E-state index contributed by atoms with van der Waals surface area (Å²) < 4.78 is 45.7. The minimum absolute atomic E-state index is 0.0147. The van der Waals surface area contributed by atoms with E-state index < -0.39 is 23.4 Å². The normalized spacial score (nSPS) is 10.8. The number of benzene rings is 2. The molecular weight excluding hydrogens is 369 g/mol. The van der Waals surface area contributed by atoms with Gasteiger partial charge in [-0.3, -0.25) is 4.79 Å². The number of carbonyl (C=O) groups excluding carboxylic acids is 1. The average molecular weight is 381 g/mol. The van der Waals surface area contributed by atoms with E-state index in [0.717, 1.165) is 18.2 Å². The van der Waals surface area contributed by atoms with Gasteiger partial charge in [-0.2, -0.15) is 0 Å². The molecule has 1 aromatic heterocycles. The van der Waals surface area contributed by atoms with Gasteiger partial charge in [0.15, 0.2) is 11.7 Å². The largest absolute Gasteiger partial charge is 0.441 e. The number of carbonyl (C=O) groups is 1. The van der Waals surface area contributed by atoms with Crippen molar-refractivity contribution in [3.05, 3.63) is 71.0 Å². The van der Waals surface area contributed by atoms with Crippen LogP contribution in [0.25, 0.3) is 11.3 Å². The second-order valence-electron chi connectivity index (χ2n) is 5.41. The molecule has 0 aliphatic rings. The molecule has 0 unspecified atom stereocenters. The lowest BCUT2D eigenvalue weighted by Crippen LogP contribution is -2.13. The van der Waals surface area contributed by atoms with Crippen LogP contribution in [0.3, 0.4) is 0 Å². The summed E-state index contributed by atoms with van der Waals surface area (Å²) in [6.07, 6.45) is 1.40. The highest BCUT2D eigenvalue weighted by atomic mass is 35.5. The van der Waals surface area contributed by atoms with Crippen LogP contribution in [-0.4, -0.2) is 10.9 Å². The first kappa shape index (κ1) is 18.0. The van der Waals surface area contributed by atoms with Gasteiger partial charge in [0.25, 0.3) is 0 Å². The van der Waals surface area contributed by atoms with Gasteiger partial charge in [0.05, 0.1) is 17.4 Å². The van der Waals surface area contributed by atoms with Crippen LogP contribution in [0.1, 0.15) is 12.3 Å². The fourth-order valence-corrected chi connectivity index (χ4v) is 2.42. The summed E-state index contributed by atoms with van der Waals surface area (Å²) >= 11 is 5.65. The Balaban J connectivity index is 1.61. The maximum atomic E-state index is 13.7. The molecule has 2 aromatic carbocycles. The Labute approximate surface area is 151 Å². The Hall–Kier alpha value is -2.80. The zero-order valence-corrected chi connectivity index (χ0v) is 14.0. The van der Waals surface area contributed by atoms with Crippen molar-refractivity contribution < 1.29 is 22.4 Å². The van der Waals surface area contributed by atoms with Crippen LogP contribution in [0.5, 0.6) is 0 Å². The van der Waals surface area contributed by atoms with Crippen LogP contribution in [0.4, 0.5) is 18.9 Å².